The summed E-state index contributed by atoms with van der Waals surface area (Å²) >= 11 is 0. The summed E-state index contributed by atoms with van der Waals surface area (Å²) in [5.74, 6) is -0.990. The molecule has 2 N–H and O–H groups in total. The summed E-state index contributed by atoms with van der Waals surface area (Å²) in [7, 11) is 0. The van der Waals surface area contributed by atoms with Crippen molar-refractivity contribution < 1.29 is 19.4 Å². The Hall–Kier alpha value is -2.08. The third-order valence-corrected chi connectivity index (χ3v) is 4.23. The van der Waals surface area contributed by atoms with Crippen molar-refractivity contribution in [2.24, 2.45) is 0 Å². The van der Waals surface area contributed by atoms with Gasteiger partial charge in [0.05, 0.1) is 0 Å². The molecular formula is C15H18N2O4. The summed E-state index contributed by atoms with van der Waals surface area (Å²) in [5.41, 5.74) is 1.03. The highest BCUT2D eigenvalue weighted by molar-refractivity contribution is 5.86. The number of hydrogen-bond acceptors (Lipinski definition) is 3. The van der Waals surface area contributed by atoms with E-state index in [9.17, 15) is 14.7 Å². The molecule has 2 aliphatic rings. The number of hydrogen-bond donors (Lipinski definition) is 2. The van der Waals surface area contributed by atoms with Gasteiger partial charge in [0.25, 0.3) is 0 Å². The summed E-state index contributed by atoms with van der Waals surface area (Å²) < 4.78 is 5.20. The number of nitrogens with zero attached hydrogens (tertiary/aromatic N) is 1. The molecule has 2 heterocycles. The lowest BCUT2D eigenvalue weighted by Gasteiger charge is -2.35. The zero-order chi connectivity index (χ0) is 14.9. The van der Waals surface area contributed by atoms with Crippen LogP contribution in [0.15, 0.2) is 24.3 Å². The van der Waals surface area contributed by atoms with Crippen LogP contribution in [0.2, 0.25) is 0 Å². The second-order valence-corrected chi connectivity index (χ2v) is 5.55. The third-order valence-electron chi connectivity index (χ3n) is 4.23. The molecule has 0 radical (unpaired) electrons. The number of urea groups is 1. The van der Waals surface area contributed by atoms with Crippen molar-refractivity contribution in [2.45, 2.75) is 31.5 Å². The van der Waals surface area contributed by atoms with Gasteiger partial charge in [0, 0.05) is 39.1 Å². The van der Waals surface area contributed by atoms with E-state index in [1.807, 2.05) is 24.3 Å². The number of carbonyl (C=O) groups is 2. The molecule has 0 unspecified atom stereocenters. The van der Waals surface area contributed by atoms with Gasteiger partial charge in [0.15, 0.2) is 0 Å². The highest BCUT2D eigenvalue weighted by Crippen LogP contribution is 2.25. The molecule has 2 aliphatic heterocycles. The minimum Gasteiger partial charge on any atom is -0.480 e. The summed E-state index contributed by atoms with van der Waals surface area (Å²) in [5, 5.41) is 12.2. The van der Waals surface area contributed by atoms with Crippen molar-refractivity contribution in [3.63, 3.8) is 0 Å². The van der Waals surface area contributed by atoms with E-state index in [-0.39, 0.29) is 6.03 Å². The molecule has 0 spiro atoms. The summed E-state index contributed by atoms with van der Waals surface area (Å²) in [6.07, 6.45) is 0.601. The maximum absolute atomic E-state index is 12.4. The van der Waals surface area contributed by atoms with E-state index in [0.717, 1.165) is 11.1 Å². The lowest BCUT2D eigenvalue weighted by atomic mass is 9.90. The highest BCUT2D eigenvalue weighted by Gasteiger charge is 2.42. The van der Waals surface area contributed by atoms with Crippen molar-refractivity contribution in [1.29, 1.82) is 0 Å². The predicted octanol–water partition coefficient (Wildman–Crippen LogP) is 1.35. The van der Waals surface area contributed by atoms with Crippen molar-refractivity contribution in [3.8, 4) is 0 Å². The maximum Gasteiger partial charge on any atom is 0.329 e. The number of aliphatic carboxylic acids is 1. The quantitative estimate of drug-likeness (QED) is 0.861. The molecule has 3 rings (SSSR count). The Balaban J connectivity index is 1.70. The van der Waals surface area contributed by atoms with Gasteiger partial charge in [-0.25, -0.2) is 9.59 Å². The van der Waals surface area contributed by atoms with Crippen molar-refractivity contribution in [3.05, 3.63) is 35.4 Å². The second kappa shape index (κ2) is 5.37. The van der Waals surface area contributed by atoms with Crippen LogP contribution in [0.5, 0.6) is 0 Å². The molecule has 6 heteroatoms. The van der Waals surface area contributed by atoms with Gasteiger partial charge in [-0.1, -0.05) is 24.3 Å². The summed E-state index contributed by atoms with van der Waals surface area (Å²) in [6, 6.07) is 7.54. The number of ether oxygens (including phenoxy) is 1. The van der Waals surface area contributed by atoms with Gasteiger partial charge < -0.3 is 20.1 Å². The van der Waals surface area contributed by atoms with Gasteiger partial charge in [0.1, 0.15) is 5.54 Å². The Morgan fingerprint density at radius 3 is 2.24 bits per heavy atom. The first-order valence-corrected chi connectivity index (χ1v) is 7.06. The van der Waals surface area contributed by atoms with Crippen LogP contribution < -0.4 is 5.32 Å². The van der Waals surface area contributed by atoms with E-state index in [0.29, 0.717) is 39.1 Å². The smallest absolute Gasteiger partial charge is 0.329 e. The zero-order valence-electron chi connectivity index (χ0n) is 11.7. The number of carbonyl (C=O) groups excluding carboxylic acids is 1. The van der Waals surface area contributed by atoms with Gasteiger partial charge in [-0.3, -0.25) is 0 Å². The number of amides is 2. The fraction of sp³-hybridized carbons (Fsp3) is 0.467. The van der Waals surface area contributed by atoms with Gasteiger partial charge in [-0.05, 0) is 11.1 Å². The Labute approximate surface area is 122 Å². The number of nitrogens with one attached hydrogen (secondary N) is 1. The maximum atomic E-state index is 12.4. The van der Waals surface area contributed by atoms with Gasteiger partial charge in [0.2, 0.25) is 0 Å². The summed E-state index contributed by atoms with van der Waals surface area (Å²) in [6.45, 7) is 1.75. The molecule has 1 saturated heterocycles. The van der Waals surface area contributed by atoms with E-state index >= 15 is 0 Å². The molecule has 1 aromatic carbocycles. The van der Waals surface area contributed by atoms with Crippen LogP contribution in [0.25, 0.3) is 0 Å². The van der Waals surface area contributed by atoms with Crippen molar-refractivity contribution in [1.82, 2.24) is 10.2 Å². The van der Waals surface area contributed by atoms with Gasteiger partial charge >= 0.3 is 12.0 Å². The monoisotopic (exact) mass is 290 g/mol. The normalized spacial score (nSPS) is 19.9. The first-order valence-electron chi connectivity index (χ1n) is 7.06. The Bertz CT molecular complexity index is 542. The van der Waals surface area contributed by atoms with Crippen LogP contribution in [-0.4, -0.2) is 40.8 Å². The molecule has 0 aromatic heterocycles. The van der Waals surface area contributed by atoms with Crippen molar-refractivity contribution >= 4 is 12.0 Å². The minimum atomic E-state index is -1.20. The number of benzene rings is 1. The summed E-state index contributed by atoms with van der Waals surface area (Å²) in [4.78, 5) is 25.6. The lowest BCUT2D eigenvalue weighted by Crippen LogP contribution is -2.59. The van der Waals surface area contributed by atoms with Gasteiger partial charge in [-0.2, -0.15) is 0 Å². The zero-order valence-corrected chi connectivity index (χ0v) is 11.7. The van der Waals surface area contributed by atoms with Crippen LogP contribution in [0.4, 0.5) is 4.79 Å². The van der Waals surface area contributed by atoms with Crippen LogP contribution in [0.1, 0.15) is 24.0 Å². The molecule has 2 amide bonds. The predicted molar refractivity (Wildman–Crippen MR) is 74.6 cm³/mol. The molecule has 0 aliphatic carbocycles. The van der Waals surface area contributed by atoms with Crippen molar-refractivity contribution in [2.75, 3.05) is 13.2 Å². The molecule has 6 nitrogen and oxygen atoms in total. The van der Waals surface area contributed by atoms with E-state index in [2.05, 4.69) is 5.32 Å². The van der Waals surface area contributed by atoms with E-state index in [1.165, 1.54) is 0 Å². The van der Waals surface area contributed by atoms with Crippen LogP contribution in [-0.2, 0) is 22.6 Å². The molecule has 0 bridgehead atoms. The van der Waals surface area contributed by atoms with Crippen LogP contribution in [0, 0.1) is 0 Å². The fourth-order valence-corrected chi connectivity index (χ4v) is 2.87. The molecule has 1 fully saturated rings. The Morgan fingerprint density at radius 2 is 1.71 bits per heavy atom. The van der Waals surface area contributed by atoms with Gasteiger partial charge in [-0.15, -0.1) is 0 Å². The number of carboxylic acids is 1. The molecule has 0 atom stereocenters. The minimum absolute atomic E-state index is 0.300. The molecule has 112 valence electrons. The van der Waals surface area contributed by atoms with Crippen LogP contribution >= 0.6 is 0 Å². The number of rotatable bonds is 2. The molecular weight excluding hydrogens is 272 g/mol. The fourth-order valence-electron chi connectivity index (χ4n) is 2.87. The lowest BCUT2D eigenvalue weighted by molar-refractivity contribution is -0.148. The first-order chi connectivity index (χ1) is 10.1. The van der Waals surface area contributed by atoms with E-state index in [4.69, 9.17) is 4.74 Å². The highest BCUT2D eigenvalue weighted by atomic mass is 16.5. The largest absolute Gasteiger partial charge is 0.480 e. The first kappa shape index (κ1) is 13.9. The van der Waals surface area contributed by atoms with Crippen LogP contribution in [0.3, 0.4) is 0 Å². The number of fused-ring (bicyclic) bond motifs is 1. The topological polar surface area (TPSA) is 78.9 Å². The average Bonchev–Trinajstić information content (AvgIpc) is 2.92. The second-order valence-electron chi connectivity index (χ2n) is 5.55. The SMILES string of the molecule is O=C(NC1(C(=O)O)CCOCC1)N1Cc2ccccc2C1. The Morgan fingerprint density at radius 1 is 1.14 bits per heavy atom. The Kier molecular flexibility index (Phi) is 3.55. The number of carboxylic acid groups (broad SMARTS) is 1. The van der Waals surface area contributed by atoms with E-state index < -0.39 is 11.5 Å². The molecule has 1 aromatic rings. The average molecular weight is 290 g/mol. The van der Waals surface area contributed by atoms with E-state index in [1.54, 1.807) is 4.90 Å². The molecule has 21 heavy (non-hydrogen) atoms. The molecule has 0 saturated carbocycles. The third kappa shape index (κ3) is 2.58. The standard InChI is InChI=1S/C15H18N2O4/c18-13(19)15(5-7-21-8-6-15)16-14(20)17-9-11-3-1-2-4-12(11)10-17/h1-4H,5-10H2,(H,16,20)(H,18,19).